The van der Waals surface area contributed by atoms with E-state index in [9.17, 15) is 18.8 Å². The Balaban J connectivity index is 1.25. The number of nitrogens with one attached hydrogen (secondary N) is 1. The monoisotopic (exact) mass is 471 g/mol. The molecule has 0 bridgehead atoms. The van der Waals surface area contributed by atoms with Crippen LogP contribution in [0.2, 0.25) is 0 Å². The summed E-state index contributed by atoms with van der Waals surface area (Å²) >= 11 is 0. The molecule has 1 saturated carbocycles. The Morgan fingerprint density at radius 1 is 1.11 bits per heavy atom. The zero-order valence-electron chi connectivity index (χ0n) is 18.8. The van der Waals surface area contributed by atoms with Gasteiger partial charge in [-0.25, -0.2) is 14.2 Å². The molecule has 0 radical (unpaired) electrons. The van der Waals surface area contributed by atoms with Crippen LogP contribution in [0.3, 0.4) is 0 Å². The smallest absolute Gasteiger partial charge is 0.272 e. The van der Waals surface area contributed by atoms with Crippen molar-refractivity contribution >= 4 is 22.6 Å². The average molecular weight is 471 g/mol. The Morgan fingerprint density at radius 3 is 2.71 bits per heavy atom. The highest BCUT2D eigenvalue weighted by Gasteiger charge is 2.33. The highest BCUT2D eigenvalue weighted by Crippen LogP contribution is 2.31. The molecule has 9 heteroatoms. The van der Waals surface area contributed by atoms with Crippen LogP contribution in [0.15, 0.2) is 53.5 Å². The summed E-state index contributed by atoms with van der Waals surface area (Å²) in [6, 6.07) is 11.6. The van der Waals surface area contributed by atoms with Crippen LogP contribution in [0.5, 0.6) is 0 Å². The third-order valence-corrected chi connectivity index (χ3v) is 6.72. The molecule has 0 spiro atoms. The zero-order chi connectivity index (χ0) is 24.1. The van der Waals surface area contributed by atoms with Crippen molar-refractivity contribution < 1.29 is 14.0 Å². The van der Waals surface area contributed by atoms with Gasteiger partial charge < -0.3 is 4.90 Å². The summed E-state index contributed by atoms with van der Waals surface area (Å²) in [5, 5.41) is 12.3. The molecule has 1 fully saturated rings. The quantitative estimate of drug-likeness (QED) is 0.493. The lowest BCUT2D eigenvalue weighted by Gasteiger charge is -2.26. The molecule has 4 aromatic rings. The van der Waals surface area contributed by atoms with E-state index >= 15 is 0 Å². The van der Waals surface area contributed by atoms with Gasteiger partial charge in [0.05, 0.1) is 28.9 Å². The summed E-state index contributed by atoms with van der Waals surface area (Å²) in [4.78, 5) is 39.2. The van der Waals surface area contributed by atoms with E-state index in [1.54, 1.807) is 35.4 Å². The van der Waals surface area contributed by atoms with Crippen LogP contribution in [-0.4, -0.2) is 43.2 Å². The summed E-state index contributed by atoms with van der Waals surface area (Å²) in [6.07, 6.45) is 4.45. The van der Waals surface area contributed by atoms with Crippen LogP contribution in [0, 0.1) is 11.7 Å². The number of nitrogens with zero attached hydrogens (tertiary/aromatic N) is 4. The number of rotatable bonds is 4. The van der Waals surface area contributed by atoms with Gasteiger partial charge in [-0.05, 0) is 48.6 Å². The maximum Gasteiger partial charge on any atom is 0.272 e. The van der Waals surface area contributed by atoms with Crippen molar-refractivity contribution in [2.24, 2.45) is 5.92 Å². The maximum atomic E-state index is 14.7. The fourth-order valence-corrected chi connectivity index (χ4v) is 4.62. The Morgan fingerprint density at radius 2 is 1.91 bits per heavy atom. The summed E-state index contributed by atoms with van der Waals surface area (Å²) in [7, 11) is 0. The number of benzene rings is 2. The maximum absolute atomic E-state index is 14.7. The lowest BCUT2D eigenvalue weighted by Crippen LogP contribution is -2.36. The van der Waals surface area contributed by atoms with Crippen molar-refractivity contribution in [2.45, 2.75) is 32.2 Å². The predicted molar refractivity (Wildman–Crippen MR) is 126 cm³/mol. The fraction of sp³-hybridized carbons (Fsp3) is 0.269. The highest BCUT2D eigenvalue weighted by molar-refractivity contribution is 5.95. The first-order chi connectivity index (χ1) is 17.0. The second-order valence-electron chi connectivity index (χ2n) is 9.17. The number of hydrogen-bond donors (Lipinski definition) is 1. The minimum atomic E-state index is -0.599. The van der Waals surface area contributed by atoms with Gasteiger partial charge in [0, 0.05) is 30.5 Å². The number of H-pyrrole nitrogens is 1. The van der Waals surface area contributed by atoms with Gasteiger partial charge in [0.25, 0.3) is 11.5 Å². The van der Waals surface area contributed by atoms with Crippen molar-refractivity contribution in [3.05, 3.63) is 92.9 Å². The Kier molecular flexibility index (Phi) is 5.05. The van der Waals surface area contributed by atoms with E-state index < -0.39 is 11.7 Å². The van der Waals surface area contributed by atoms with Crippen LogP contribution >= 0.6 is 0 Å². The van der Waals surface area contributed by atoms with Gasteiger partial charge in [-0.3, -0.25) is 14.4 Å². The Labute approximate surface area is 199 Å². The molecule has 35 heavy (non-hydrogen) atoms. The highest BCUT2D eigenvalue weighted by atomic mass is 19.1. The van der Waals surface area contributed by atoms with Crippen LogP contribution in [0.1, 0.15) is 50.5 Å². The lowest BCUT2D eigenvalue weighted by molar-refractivity contribution is 0.0727. The van der Waals surface area contributed by atoms with E-state index in [0.29, 0.717) is 47.1 Å². The van der Waals surface area contributed by atoms with E-state index in [4.69, 9.17) is 0 Å². The van der Waals surface area contributed by atoms with E-state index in [1.165, 1.54) is 10.7 Å². The normalized spacial score (nSPS) is 15.3. The Hall–Kier alpha value is -4.14. The standard InChI is InChI=1S/C26H22FN5O3/c27-21-8-5-15(12-22-18-3-1-2-4-19(18)24(33)29-28-22)11-20(21)26(35)31-10-9-17-13-32(30-23(17)14-31)25(34)16-6-7-16/h1-5,8,11,13,16H,6-7,9-10,12,14H2,(H,29,33). The second kappa shape index (κ2) is 8.26. The number of amides is 1. The Bertz CT molecular complexity index is 1550. The molecule has 176 valence electrons. The summed E-state index contributed by atoms with van der Waals surface area (Å²) in [5.41, 5.74) is 2.68. The number of halogens is 1. The predicted octanol–water partition coefficient (Wildman–Crippen LogP) is 3.10. The molecule has 1 N–H and O–H groups in total. The largest absolute Gasteiger partial charge is 0.332 e. The second-order valence-corrected chi connectivity index (χ2v) is 9.17. The molecule has 0 saturated heterocycles. The van der Waals surface area contributed by atoms with Crippen LogP contribution in [0.4, 0.5) is 4.39 Å². The number of carbonyl (C=O) groups excluding carboxylic acids is 2. The van der Waals surface area contributed by atoms with Crippen LogP contribution in [-0.2, 0) is 19.4 Å². The molecule has 3 heterocycles. The van der Waals surface area contributed by atoms with E-state index in [-0.39, 0.29) is 29.5 Å². The molecule has 2 aliphatic rings. The molecule has 0 atom stereocenters. The minimum Gasteiger partial charge on any atom is -0.332 e. The summed E-state index contributed by atoms with van der Waals surface area (Å²) in [5.74, 6) is -0.963. The number of fused-ring (bicyclic) bond motifs is 2. The molecular weight excluding hydrogens is 449 g/mol. The van der Waals surface area contributed by atoms with E-state index in [1.807, 2.05) is 12.1 Å². The van der Waals surface area contributed by atoms with Gasteiger partial charge in [-0.2, -0.15) is 10.2 Å². The van der Waals surface area contributed by atoms with Gasteiger partial charge in [-0.1, -0.05) is 24.3 Å². The van der Waals surface area contributed by atoms with E-state index in [0.717, 1.165) is 18.4 Å². The molecule has 8 nitrogen and oxygen atoms in total. The first-order valence-electron chi connectivity index (χ1n) is 11.6. The molecule has 1 aliphatic carbocycles. The SMILES string of the molecule is O=C(c1cc(Cc2n[nH]c(=O)c3ccccc23)ccc1F)N1CCc2cn(C(=O)C3CC3)nc2C1. The molecule has 6 rings (SSSR count). The number of aromatic amines is 1. The molecular formula is C26H22FN5O3. The van der Waals surface area contributed by atoms with Gasteiger partial charge >= 0.3 is 0 Å². The van der Waals surface area contributed by atoms with Crippen molar-refractivity contribution in [3.63, 3.8) is 0 Å². The average Bonchev–Trinajstić information content (AvgIpc) is 3.64. The van der Waals surface area contributed by atoms with Gasteiger partial charge in [0.15, 0.2) is 0 Å². The number of aromatic nitrogens is 4. The van der Waals surface area contributed by atoms with Crippen molar-refractivity contribution in [2.75, 3.05) is 6.54 Å². The molecule has 2 aromatic heterocycles. The first kappa shape index (κ1) is 21.4. The van der Waals surface area contributed by atoms with Crippen molar-refractivity contribution in [1.29, 1.82) is 0 Å². The van der Waals surface area contributed by atoms with E-state index in [2.05, 4.69) is 15.3 Å². The zero-order valence-corrected chi connectivity index (χ0v) is 18.8. The molecule has 2 aromatic carbocycles. The topological polar surface area (TPSA) is 101 Å². The number of hydrogen-bond acceptors (Lipinski definition) is 5. The van der Waals surface area contributed by atoms with Crippen LogP contribution < -0.4 is 5.56 Å². The third-order valence-electron chi connectivity index (χ3n) is 6.72. The summed E-state index contributed by atoms with van der Waals surface area (Å²) < 4.78 is 16.1. The van der Waals surface area contributed by atoms with Gasteiger partial charge in [0.1, 0.15) is 5.82 Å². The first-order valence-corrected chi connectivity index (χ1v) is 11.6. The van der Waals surface area contributed by atoms with Crippen molar-refractivity contribution in [1.82, 2.24) is 24.9 Å². The van der Waals surface area contributed by atoms with Crippen LogP contribution in [0.25, 0.3) is 10.8 Å². The molecule has 0 unspecified atom stereocenters. The fourth-order valence-electron chi connectivity index (χ4n) is 4.62. The minimum absolute atomic E-state index is 0.000544. The number of carbonyl (C=O) groups is 2. The lowest BCUT2D eigenvalue weighted by atomic mass is 10.0. The molecule has 1 amide bonds. The summed E-state index contributed by atoms with van der Waals surface area (Å²) in [6.45, 7) is 0.653. The van der Waals surface area contributed by atoms with Gasteiger partial charge in [0.2, 0.25) is 5.91 Å². The molecule has 1 aliphatic heterocycles. The van der Waals surface area contributed by atoms with Gasteiger partial charge in [-0.15, -0.1) is 0 Å². The third kappa shape index (κ3) is 3.92. The van der Waals surface area contributed by atoms with Crippen molar-refractivity contribution in [3.8, 4) is 0 Å².